The molecule has 0 spiro atoms. The normalized spacial score (nSPS) is 31.0. The molecule has 108 valence electrons. The van der Waals surface area contributed by atoms with Crippen molar-refractivity contribution in [1.29, 1.82) is 0 Å². The first-order chi connectivity index (χ1) is 8.40. The molecule has 2 N–H and O–H groups in total. The van der Waals surface area contributed by atoms with Gasteiger partial charge in [0.25, 0.3) is 0 Å². The van der Waals surface area contributed by atoms with Crippen molar-refractivity contribution in [3.8, 4) is 0 Å². The van der Waals surface area contributed by atoms with Crippen molar-refractivity contribution in [2.24, 2.45) is 0 Å². The summed E-state index contributed by atoms with van der Waals surface area (Å²) in [5.41, 5.74) is -0.182. The molecule has 1 aliphatic heterocycles. The summed E-state index contributed by atoms with van der Waals surface area (Å²) in [7, 11) is 0. The van der Waals surface area contributed by atoms with Crippen molar-refractivity contribution >= 4 is 0 Å². The number of hydrogen-bond acceptors (Lipinski definition) is 4. The summed E-state index contributed by atoms with van der Waals surface area (Å²) >= 11 is 0. The average molecular weight is 258 g/mol. The molecule has 0 aliphatic carbocycles. The van der Waals surface area contributed by atoms with Crippen molar-refractivity contribution in [3.63, 3.8) is 0 Å². The highest BCUT2D eigenvalue weighted by molar-refractivity contribution is 4.88. The van der Waals surface area contributed by atoms with Crippen molar-refractivity contribution in [1.82, 2.24) is 10.2 Å². The maximum atomic E-state index is 9.56. The van der Waals surface area contributed by atoms with E-state index in [0.29, 0.717) is 18.2 Å². The van der Waals surface area contributed by atoms with E-state index in [-0.39, 0.29) is 12.1 Å². The van der Waals surface area contributed by atoms with Crippen LogP contribution in [0.1, 0.15) is 41.0 Å². The SMILES string of the molecule is CCNC(C)(CO)CC(C)N1CC(C)OC(C)C1. The van der Waals surface area contributed by atoms with E-state index in [4.69, 9.17) is 4.74 Å². The van der Waals surface area contributed by atoms with Gasteiger partial charge in [-0.05, 0) is 40.7 Å². The first-order valence-electron chi connectivity index (χ1n) is 7.15. The monoisotopic (exact) mass is 258 g/mol. The number of rotatable bonds is 6. The maximum absolute atomic E-state index is 9.56. The Hall–Kier alpha value is -0.160. The van der Waals surface area contributed by atoms with Gasteiger partial charge in [0.15, 0.2) is 0 Å². The predicted octanol–water partition coefficient (Wildman–Crippen LogP) is 1.23. The van der Waals surface area contributed by atoms with Gasteiger partial charge in [-0.2, -0.15) is 0 Å². The molecule has 4 unspecified atom stereocenters. The lowest BCUT2D eigenvalue weighted by molar-refractivity contribution is -0.0821. The second-order valence-electron chi connectivity index (χ2n) is 6.01. The number of aliphatic hydroxyl groups is 1. The molecule has 1 saturated heterocycles. The van der Waals surface area contributed by atoms with Crippen LogP contribution >= 0.6 is 0 Å². The molecule has 4 atom stereocenters. The fourth-order valence-electron chi connectivity index (χ4n) is 2.98. The molecular weight excluding hydrogens is 228 g/mol. The Balaban J connectivity index is 2.55. The number of hydrogen-bond donors (Lipinski definition) is 2. The minimum Gasteiger partial charge on any atom is -0.394 e. The van der Waals surface area contributed by atoms with E-state index in [9.17, 15) is 5.11 Å². The van der Waals surface area contributed by atoms with E-state index in [1.165, 1.54) is 0 Å². The Morgan fingerprint density at radius 1 is 1.39 bits per heavy atom. The molecule has 4 nitrogen and oxygen atoms in total. The number of morpholine rings is 1. The summed E-state index contributed by atoms with van der Waals surface area (Å²) in [5, 5.41) is 13.0. The molecule has 18 heavy (non-hydrogen) atoms. The maximum Gasteiger partial charge on any atom is 0.0678 e. The number of aliphatic hydroxyl groups excluding tert-OH is 1. The van der Waals surface area contributed by atoms with Gasteiger partial charge < -0.3 is 15.2 Å². The van der Waals surface area contributed by atoms with E-state index in [2.05, 4.69) is 44.8 Å². The third-order valence-corrected chi connectivity index (χ3v) is 3.77. The fourth-order valence-corrected chi connectivity index (χ4v) is 2.98. The van der Waals surface area contributed by atoms with E-state index in [1.54, 1.807) is 0 Å². The number of ether oxygens (including phenoxy) is 1. The highest BCUT2D eigenvalue weighted by Crippen LogP contribution is 2.20. The summed E-state index contributed by atoms with van der Waals surface area (Å²) < 4.78 is 5.76. The van der Waals surface area contributed by atoms with Crippen LogP contribution in [0.4, 0.5) is 0 Å². The summed E-state index contributed by atoms with van der Waals surface area (Å²) in [5.74, 6) is 0. The van der Waals surface area contributed by atoms with Crippen molar-refractivity contribution in [3.05, 3.63) is 0 Å². The topological polar surface area (TPSA) is 44.7 Å². The van der Waals surface area contributed by atoms with E-state index in [0.717, 1.165) is 26.1 Å². The van der Waals surface area contributed by atoms with Crippen LogP contribution in [0.2, 0.25) is 0 Å². The zero-order chi connectivity index (χ0) is 13.8. The van der Waals surface area contributed by atoms with E-state index < -0.39 is 0 Å². The molecule has 0 radical (unpaired) electrons. The molecule has 4 heteroatoms. The largest absolute Gasteiger partial charge is 0.394 e. The van der Waals surface area contributed by atoms with Gasteiger partial charge in [-0.1, -0.05) is 6.92 Å². The molecule has 0 bridgehead atoms. The Morgan fingerprint density at radius 2 is 1.94 bits per heavy atom. The van der Waals surface area contributed by atoms with Crippen LogP contribution in [-0.4, -0.2) is 60.0 Å². The number of nitrogens with zero attached hydrogens (tertiary/aromatic N) is 1. The van der Waals surface area contributed by atoms with Crippen molar-refractivity contribution in [2.45, 2.75) is 64.8 Å². The van der Waals surface area contributed by atoms with Crippen LogP contribution in [0, 0.1) is 0 Å². The Kier molecular flexibility index (Phi) is 6.05. The average Bonchev–Trinajstić information content (AvgIpc) is 2.28. The third-order valence-electron chi connectivity index (χ3n) is 3.77. The van der Waals surface area contributed by atoms with Crippen molar-refractivity contribution in [2.75, 3.05) is 26.2 Å². The molecule has 1 fully saturated rings. The lowest BCUT2D eigenvalue weighted by Crippen LogP contribution is -2.54. The molecule has 0 amide bonds. The van der Waals surface area contributed by atoms with Gasteiger partial charge in [-0.3, -0.25) is 4.90 Å². The zero-order valence-electron chi connectivity index (χ0n) is 12.6. The Morgan fingerprint density at radius 3 is 2.39 bits per heavy atom. The molecule has 1 aliphatic rings. The Bertz CT molecular complexity index is 240. The van der Waals surface area contributed by atoms with Gasteiger partial charge in [-0.25, -0.2) is 0 Å². The molecule has 1 heterocycles. The summed E-state index contributed by atoms with van der Waals surface area (Å²) in [6, 6.07) is 0.454. The minimum absolute atomic E-state index is 0.181. The first-order valence-corrected chi connectivity index (χ1v) is 7.15. The molecule has 1 rings (SSSR count). The lowest BCUT2D eigenvalue weighted by atomic mass is 9.93. The van der Waals surface area contributed by atoms with Gasteiger partial charge in [0, 0.05) is 24.7 Å². The highest BCUT2D eigenvalue weighted by atomic mass is 16.5. The molecule has 0 aromatic rings. The number of likely N-dealkylation sites (N-methyl/N-ethyl adjacent to an activating group) is 1. The predicted molar refractivity (Wildman–Crippen MR) is 74.8 cm³/mol. The van der Waals surface area contributed by atoms with Crippen molar-refractivity contribution < 1.29 is 9.84 Å². The van der Waals surface area contributed by atoms with Crippen LogP contribution in [0.5, 0.6) is 0 Å². The van der Waals surface area contributed by atoms with Gasteiger partial charge in [0.05, 0.1) is 18.8 Å². The van der Waals surface area contributed by atoms with Crippen LogP contribution in [0.25, 0.3) is 0 Å². The van der Waals surface area contributed by atoms with Gasteiger partial charge in [0.1, 0.15) is 0 Å². The molecule has 0 aromatic carbocycles. The van der Waals surface area contributed by atoms with Crippen LogP contribution < -0.4 is 5.32 Å². The van der Waals surface area contributed by atoms with Crippen LogP contribution in [0.3, 0.4) is 0 Å². The van der Waals surface area contributed by atoms with Gasteiger partial charge in [-0.15, -0.1) is 0 Å². The summed E-state index contributed by atoms with van der Waals surface area (Å²) in [6.45, 7) is 13.7. The molecule has 0 saturated carbocycles. The second kappa shape index (κ2) is 6.85. The number of nitrogens with one attached hydrogen (secondary N) is 1. The smallest absolute Gasteiger partial charge is 0.0678 e. The van der Waals surface area contributed by atoms with Gasteiger partial charge >= 0.3 is 0 Å². The highest BCUT2D eigenvalue weighted by Gasteiger charge is 2.31. The molecule has 0 aromatic heterocycles. The van der Waals surface area contributed by atoms with Crippen LogP contribution in [0.15, 0.2) is 0 Å². The zero-order valence-corrected chi connectivity index (χ0v) is 12.6. The quantitative estimate of drug-likeness (QED) is 0.752. The third kappa shape index (κ3) is 4.50. The van der Waals surface area contributed by atoms with Crippen LogP contribution in [-0.2, 0) is 4.74 Å². The van der Waals surface area contributed by atoms with E-state index in [1.807, 2.05) is 0 Å². The van der Waals surface area contributed by atoms with E-state index >= 15 is 0 Å². The fraction of sp³-hybridized carbons (Fsp3) is 1.00. The summed E-state index contributed by atoms with van der Waals surface area (Å²) in [4.78, 5) is 2.48. The summed E-state index contributed by atoms with van der Waals surface area (Å²) in [6.07, 6.45) is 1.56. The minimum atomic E-state index is -0.182. The first kappa shape index (κ1) is 15.9. The lowest BCUT2D eigenvalue weighted by Gasteiger charge is -2.42. The standard InChI is InChI=1S/C14H30N2O2/c1-6-15-14(5,10-17)7-11(2)16-8-12(3)18-13(4)9-16/h11-13,15,17H,6-10H2,1-5H3. The van der Waals surface area contributed by atoms with Gasteiger partial charge in [0.2, 0.25) is 0 Å². The molecular formula is C14H30N2O2. The second-order valence-corrected chi connectivity index (χ2v) is 6.01. The Labute approximate surface area is 112 Å².